The highest BCUT2D eigenvalue weighted by Crippen LogP contribution is 2.13. The van der Waals surface area contributed by atoms with E-state index in [0.29, 0.717) is 37.4 Å². The first-order chi connectivity index (χ1) is 13.1. The highest BCUT2D eigenvalue weighted by Gasteiger charge is 2.16. The molecule has 0 aromatic heterocycles. The zero-order chi connectivity index (χ0) is 19.1. The van der Waals surface area contributed by atoms with Crippen molar-refractivity contribution in [3.63, 3.8) is 0 Å². The molecule has 1 saturated heterocycles. The van der Waals surface area contributed by atoms with Crippen LogP contribution >= 0.6 is 0 Å². The molecule has 3 rings (SSSR count). The summed E-state index contributed by atoms with van der Waals surface area (Å²) in [7, 11) is 0. The third-order valence-corrected chi connectivity index (χ3v) is 4.21. The van der Waals surface area contributed by atoms with E-state index in [4.69, 9.17) is 4.74 Å². The topological polar surface area (TPSA) is 79.5 Å². The van der Waals surface area contributed by atoms with Gasteiger partial charge < -0.3 is 20.7 Å². The number of nitrogens with one attached hydrogen (secondary N) is 3. The molecule has 1 unspecified atom stereocenters. The molecule has 27 heavy (non-hydrogen) atoms. The predicted octanol–water partition coefficient (Wildman–Crippen LogP) is 2.07. The maximum atomic E-state index is 13.0. The van der Waals surface area contributed by atoms with E-state index in [9.17, 15) is 14.0 Å². The van der Waals surface area contributed by atoms with Crippen molar-refractivity contribution in [2.75, 3.05) is 25.1 Å². The molecule has 3 N–H and O–H groups in total. The smallest absolute Gasteiger partial charge is 0.255 e. The number of morpholine rings is 1. The van der Waals surface area contributed by atoms with E-state index in [1.165, 1.54) is 24.3 Å². The summed E-state index contributed by atoms with van der Waals surface area (Å²) in [6.07, 6.45) is 0.362. The molecule has 2 aromatic rings. The predicted molar refractivity (Wildman–Crippen MR) is 99.9 cm³/mol. The van der Waals surface area contributed by atoms with E-state index in [1.807, 2.05) is 6.07 Å². The number of hydrogen-bond acceptors (Lipinski definition) is 4. The fourth-order valence-electron chi connectivity index (χ4n) is 2.81. The lowest BCUT2D eigenvalue weighted by molar-refractivity contribution is -0.122. The SMILES string of the molecule is O=C(CC1COCCN1)NCc1cccc(NC(=O)c2ccc(F)cc2)c1. The van der Waals surface area contributed by atoms with Crippen LogP contribution in [0.5, 0.6) is 0 Å². The normalized spacial score (nSPS) is 16.6. The van der Waals surface area contributed by atoms with Gasteiger partial charge in [-0.3, -0.25) is 9.59 Å². The summed E-state index contributed by atoms with van der Waals surface area (Å²) in [4.78, 5) is 24.3. The van der Waals surface area contributed by atoms with Gasteiger partial charge in [0.2, 0.25) is 5.91 Å². The van der Waals surface area contributed by atoms with Crippen molar-refractivity contribution >= 4 is 17.5 Å². The minimum Gasteiger partial charge on any atom is -0.378 e. The van der Waals surface area contributed by atoms with Crippen LogP contribution in [0.1, 0.15) is 22.3 Å². The van der Waals surface area contributed by atoms with Gasteiger partial charge in [-0.1, -0.05) is 12.1 Å². The van der Waals surface area contributed by atoms with E-state index in [2.05, 4.69) is 16.0 Å². The first kappa shape index (κ1) is 19.0. The molecule has 2 aromatic carbocycles. The number of halogens is 1. The van der Waals surface area contributed by atoms with Gasteiger partial charge in [-0.15, -0.1) is 0 Å². The molecule has 0 radical (unpaired) electrons. The number of carbonyl (C=O) groups is 2. The van der Waals surface area contributed by atoms with Gasteiger partial charge in [0.05, 0.1) is 13.2 Å². The van der Waals surface area contributed by atoms with Crippen molar-refractivity contribution in [1.82, 2.24) is 10.6 Å². The molecule has 1 atom stereocenters. The maximum Gasteiger partial charge on any atom is 0.255 e. The third-order valence-electron chi connectivity index (χ3n) is 4.21. The van der Waals surface area contributed by atoms with Crippen LogP contribution in [-0.2, 0) is 16.1 Å². The summed E-state index contributed by atoms with van der Waals surface area (Å²) >= 11 is 0. The van der Waals surface area contributed by atoms with Gasteiger partial charge in [0, 0.05) is 36.8 Å². The van der Waals surface area contributed by atoms with Crippen molar-refractivity contribution in [3.8, 4) is 0 Å². The van der Waals surface area contributed by atoms with Crippen molar-refractivity contribution in [2.45, 2.75) is 19.0 Å². The van der Waals surface area contributed by atoms with E-state index in [-0.39, 0.29) is 23.7 Å². The second-order valence-corrected chi connectivity index (χ2v) is 6.37. The molecule has 7 heteroatoms. The van der Waals surface area contributed by atoms with Crippen molar-refractivity contribution in [2.24, 2.45) is 0 Å². The number of rotatable bonds is 6. The summed E-state index contributed by atoms with van der Waals surface area (Å²) < 4.78 is 18.3. The average Bonchev–Trinajstić information content (AvgIpc) is 2.68. The highest BCUT2D eigenvalue weighted by molar-refractivity contribution is 6.04. The first-order valence-corrected chi connectivity index (χ1v) is 8.84. The molecule has 2 amide bonds. The minimum absolute atomic E-state index is 0.0417. The van der Waals surface area contributed by atoms with Crippen LogP contribution in [0.3, 0.4) is 0 Å². The van der Waals surface area contributed by atoms with Crippen LogP contribution < -0.4 is 16.0 Å². The van der Waals surface area contributed by atoms with E-state index < -0.39 is 0 Å². The number of carbonyl (C=O) groups excluding carboxylic acids is 2. The van der Waals surface area contributed by atoms with Crippen molar-refractivity contribution in [3.05, 3.63) is 65.5 Å². The molecule has 1 aliphatic rings. The number of amides is 2. The van der Waals surface area contributed by atoms with Gasteiger partial charge >= 0.3 is 0 Å². The molecular weight excluding hydrogens is 349 g/mol. The molecule has 1 aliphatic heterocycles. The van der Waals surface area contributed by atoms with Gasteiger partial charge in [-0.25, -0.2) is 4.39 Å². The van der Waals surface area contributed by atoms with Crippen molar-refractivity contribution < 1.29 is 18.7 Å². The Morgan fingerprint density at radius 1 is 1.19 bits per heavy atom. The Bertz CT molecular complexity index is 789. The average molecular weight is 371 g/mol. The van der Waals surface area contributed by atoms with Gasteiger partial charge in [0.1, 0.15) is 5.82 Å². The van der Waals surface area contributed by atoms with Crippen LogP contribution in [0.25, 0.3) is 0 Å². The van der Waals surface area contributed by atoms with Crippen LogP contribution in [0.4, 0.5) is 10.1 Å². The lowest BCUT2D eigenvalue weighted by Gasteiger charge is -2.23. The molecule has 0 saturated carbocycles. The Hall–Kier alpha value is -2.77. The van der Waals surface area contributed by atoms with Gasteiger partial charge in [-0.2, -0.15) is 0 Å². The van der Waals surface area contributed by atoms with E-state index in [1.54, 1.807) is 18.2 Å². The first-order valence-electron chi connectivity index (χ1n) is 8.84. The monoisotopic (exact) mass is 371 g/mol. The Labute approximate surface area is 157 Å². The van der Waals surface area contributed by atoms with Gasteiger partial charge in [0.25, 0.3) is 5.91 Å². The molecule has 6 nitrogen and oxygen atoms in total. The molecule has 1 heterocycles. The fourth-order valence-corrected chi connectivity index (χ4v) is 2.81. The lowest BCUT2D eigenvalue weighted by Crippen LogP contribution is -2.44. The Morgan fingerprint density at radius 3 is 2.74 bits per heavy atom. The molecule has 0 bridgehead atoms. The number of benzene rings is 2. The zero-order valence-corrected chi connectivity index (χ0v) is 14.8. The largest absolute Gasteiger partial charge is 0.378 e. The minimum atomic E-state index is -0.390. The zero-order valence-electron chi connectivity index (χ0n) is 14.8. The summed E-state index contributed by atoms with van der Waals surface area (Å²) in [6.45, 7) is 2.34. The second-order valence-electron chi connectivity index (χ2n) is 6.37. The van der Waals surface area contributed by atoms with Crippen molar-refractivity contribution in [1.29, 1.82) is 0 Å². The summed E-state index contributed by atoms with van der Waals surface area (Å²) in [6, 6.07) is 12.6. The lowest BCUT2D eigenvalue weighted by atomic mass is 10.1. The molecule has 0 aliphatic carbocycles. The fraction of sp³-hybridized carbons (Fsp3) is 0.300. The molecule has 0 spiro atoms. The number of anilines is 1. The Kier molecular flexibility index (Phi) is 6.51. The van der Waals surface area contributed by atoms with E-state index in [0.717, 1.165) is 12.1 Å². The van der Waals surface area contributed by atoms with Crippen LogP contribution in [0.2, 0.25) is 0 Å². The number of hydrogen-bond donors (Lipinski definition) is 3. The quantitative estimate of drug-likeness (QED) is 0.726. The van der Waals surface area contributed by atoms with Gasteiger partial charge in [-0.05, 0) is 42.0 Å². The third kappa shape index (κ3) is 5.87. The Balaban J connectivity index is 1.51. The summed E-state index contributed by atoms with van der Waals surface area (Å²) in [5.74, 6) is -0.766. The summed E-state index contributed by atoms with van der Waals surface area (Å²) in [5.41, 5.74) is 1.85. The number of ether oxygens (including phenoxy) is 1. The standard InChI is InChI=1S/C20H22FN3O3/c21-16-6-4-15(5-7-16)20(26)24-17-3-1-2-14(10-17)12-23-19(25)11-18-13-27-9-8-22-18/h1-7,10,18,22H,8-9,11-13H2,(H,23,25)(H,24,26). The van der Waals surface area contributed by atoms with Crippen LogP contribution in [0.15, 0.2) is 48.5 Å². The van der Waals surface area contributed by atoms with Crippen LogP contribution in [0, 0.1) is 5.82 Å². The second kappa shape index (κ2) is 9.25. The molecule has 142 valence electrons. The Morgan fingerprint density at radius 2 is 2.00 bits per heavy atom. The molecule has 1 fully saturated rings. The van der Waals surface area contributed by atoms with Gasteiger partial charge in [0.15, 0.2) is 0 Å². The molecular formula is C20H22FN3O3. The maximum absolute atomic E-state index is 13.0. The van der Waals surface area contributed by atoms with E-state index >= 15 is 0 Å². The van der Waals surface area contributed by atoms with Crippen LogP contribution in [-0.4, -0.2) is 37.6 Å². The highest BCUT2D eigenvalue weighted by atomic mass is 19.1. The summed E-state index contributed by atoms with van der Waals surface area (Å²) in [5, 5.41) is 8.89.